The zero-order chi connectivity index (χ0) is 14.7. The number of nitrogens with zero attached hydrogens (tertiary/aromatic N) is 1. The number of benzene rings is 1. The van der Waals surface area contributed by atoms with Crippen molar-refractivity contribution >= 4 is 6.03 Å². The quantitative estimate of drug-likeness (QED) is 0.893. The molecule has 0 aromatic heterocycles. The average molecular weight is 287 g/mol. The molecular weight excluding hydrogens is 262 g/mol. The van der Waals surface area contributed by atoms with Gasteiger partial charge in [0.05, 0.1) is 0 Å². The number of likely N-dealkylation sites (tertiary alicyclic amines) is 1. The predicted molar refractivity (Wildman–Crippen MR) is 84.2 cm³/mol. The lowest BCUT2D eigenvalue weighted by molar-refractivity contribution is 0.186. The van der Waals surface area contributed by atoms with Gasteiger partial charge < -0.3 is 15.5 Å². The van der Waals surface area contributed by atoms with Gasteiger partial charge >= 0.3 is 6.03 Å². The number of hydrogen-bond donors (Lipinski definition) is 2. The van der Waals surface area contributed by atoms with Crippen molar-refractivity contribution in [3.8, 4) is 0 Å². The number of carbonyl (C=O) groups is 1. The minimum Gasteiger partial charge on any atom is -0.335 e. The first kappa shape index (κ1) is 14.4. The molecule has 1 saturated heterocycles. The number of urea groups is 1. The third-order valence-corrected chi connectivity index (χ3v) is 4.63. The molecule has 1 aromatic carbocycles. The third-order valence-electron chi connectivity index (χ3n) is 4.63. The van der Waals surface area contributed by atoms with E-state index in [0.29, 0.717) is 12.6 Å². The molecule has 0 unspecified atom stereocenters. The van der Waals surface area contributed by atoms with Crippen molar-refractivity contribution in [2.45, 2.75) is 51.2 Å². The molecule has 0 spiro atoms. The second-order valence-corrected chi connectivity index (χ2v) is 6.29. The lowest BCUT2D eigenvalue weighted by Crippen LogP contribution is -2.48. The van der Waals surface area contributed by atoms with E-state index in [9.17, 15) is 4.79 Å². The lowest BCUT2D eigenvalue weighted by Gasteiger charge is -2.32. The molecule has 114 valence electrons. The molecular formula is C17H25N3O. The first-order valence-electron chi connectivity index (χ1n) is 8.05. The molecule has 2 aliphatic rings. The van der Waals surface area contributed by atoms with E-state index in [4.69, 9.17) is 0 Å². The van der Waals surface area contributed by atoms with E-state index in [1.807, 2.05) is 12.1 Å². The Morgan fingerprint density at radius 3 is 2.57 bits per heavy atom. The molecule has 4 nitrogen and oxygen atoms in total. The summed E-state index contributed by atoms with van der Waals surface area (Å²) in [6, 6.07) is 9.30. The van der Waals surface area contributed by atoms with E-state index in [1.54, 1.807) is 0 Å². The van der Waals surface area contributed by atoms with Crippen molar-refractivity contribution in [2.75, 3.05) is 13.1 Å². The number of aryl methyl sites for hydroxylation is 1. The smallest absolute Gasteiger partial charge is 0.315 e. The van der Waals surface area contributed by atoms with Crippen LogP contribution >= 0.6 is 0 Å². The molecule has 1 aliphatic carbocycles. The number of hydrogen-bond acceptors (Lipinski definition) is 2. The van der Waals surface area contributed by atoms with Crippen molar-refractivity contribution in [2.24, 2.45) is 0 Å². The van der Waals surface area contributed by atoms with Crippen LogP contribution in [0.15, 0.2) is 24.3 Å². The molecule has 3 rings (SSSR count). The minimum atomic E-state index is -0.0388. The maximum atomic E-state index is 12.0. The summed E-state index contributed by atoms with van der Waals surface area (Å²) < 4.78 is 0. The summed E-state index contributed by atoms with van der Waals surface area (Å²) in [6.45, 7) is 4.93. The summed E-state index contributed by atoms with van der Waals surface area (Å²) in [5, 5.41) is 6.08. The molecule has 1 aliphatic heterocycles. The van der Waals surface area contributed by atoms with Gasteiger partial charge in [0.1, 0.15) is 0 Å². The van der Waals surface area contributed by atoms with Crippen molar-refractivity contribution in [3.05, 3.63) is 35.4 Å². The van der Waals surface area contributed by atoms with E-state index in [-0.39, 0.29) is 6.03 Å². The van der Waals surface area contributed by atoms with E-state index < -0.39 is 0 Å². The van der Waals surface area contributed by atoms with Gasteiger partial charge in [-0.25, -0.2) is 4.79 Å². The molecule has 0 atom stereocenters. The van der Waals surface area contributed by atoms with Crippen LogP contribution in [-0.4, -0.2) is 36.1 Å². The number of piperidine rings is 1. The van der Waals surface area contributed by atoms with Gasteiger partial charge in [0.25, 0.3) is 0 Å². The SMILES string of the molecule is Cc1ccccc1CNC(=O)NC1CCN(C2CC2)CC1. The number of nitrogens with one attached hydrogen (secondary N) is 2. The Morgan fingerprint density at radius 1 is 1.19 bits per heavy atom. The summed E-state index contributed by atoms with van der Waals surface area (Å²) in [5.41, 5.74) is 2.40. The fraction of sp³-hybridized carbons (Fsp3) is 0.588. The Hall–Kier alpha value is -1.55. The van der Waals surface area contributed by atoms with Crippen LogP contribution in [0, 0.1) is 6.92 Å². The molecule has 1 saturated carbocycles. The van der Waals surface area contributed by atoms with Crippen LogP contribution in [0.2, 0.25) is 0 Å². The van der Waals surface area contributed by atoms with Crippen molar-refractivity contribution < 1.29 is 4.79 Å². The molecule has 0 radical (unpaired) electrons. The van der Waals surface area contributed by atoms with Crippen LogP contribution in [-0.2, 0) is 6.54 Å². The van der Waals surface area contributed by atoms with Crippen LogP contribution in [0.25, 0.3) is 0 Å². The summed E-state index contributed by atoms with van der Waals surface area (Å²) in [7, 11) is 0. The standard InChI is InChI=1S/C17H25N3O/c1-13-4-2-3-5-14(13)12-18-17(21)19-15-8-10-20(11-9-15)16-6-7-16/h2-5,15-16H,6-12H2,1H3,(H2,18,19,21). The number of amides is 2. The van der Waals surface area contributed by atoms with Gasteiger partial charge in [-0.15, -0.1) is 0 Å². The van der Waals surface area contributed by atoms with Crippen LogP contribution in [0.5, 0.6) is 0 Å². The zero-order valence-corrected chi connectivity index (χ0v) is 12.8. The summed E-state index contributed by atoms with van der Waals surface area (Å²) >= 11 is 0. The van der Waals surface area contributed by atoms with Gasteiger partial charge in [-0.05, 0) is 43.7 Å². The Kier molecular flexibility index (Phi) is 4.44. The predicted octanol–water partition coefficient (Wildman–Crippen LogP) is 2.42. The van der Waals surface area contributed by atoms with E-state index in [1.165, 1.54) is 24.0 Å². The average Bonchev–Trinajstić information content (AvgIpc) is 3.32. The highest BCUT2D eigenvalue weighted by Crippen LogP contribution is 2.29. The number of carbonyl (C=O) groups excluding carboxylic acids is 1. The van der Waals surface area contributed by atoms with Crippen LogP contribution in [0.3, 0.4) is 0 Å². The monoisotopic (exact) mass is 287 g/mol. The zero-order valence-electron chi connectivity index (χ0n) is 12.8. The highest BCUT2D eigenvalue weighted by Gasteiger charge is 2.31. The van der Waals surface area contributed by atoms with Gasteiger partial charge in [0, 0.05) is 31.7 Å². The first-order valence-corrected chi connectivity index (χ1v) is 8.05. The largest absolute Gasteiger partial charge is 0.335 e. The van der Waals surface area contributed by atoms with Gasteiger partial charge in [0.2, 0.25) is 0 Å². The highest BCUT2D eigenvalue weighted by molar-refractivity contribution is 5.74. The molecule has 2 fully saturated rings. The maximum Gasteiger partial charge on any atom is 0.315 e. The minimum absolute atomic E-state index is 0.0388. The normalized spacial score (nSPS) is 20.2. The van der Waals surface area contributed by atoms with Crippen molar-refractivity contribution in [1.29, 1.82) is 0 Å². The Bertz CT molecular complexity index is 491. The fourth-order valence-corrected chi connectivity index (χ4v) is 3.07. The molecule has 0 bridgehead atoms. The highest BCUT2D eigenvalue weighted by atomic mass is 16.2. The topological polar surface area (TPSA) is 44.4 Å². The van der Waals surface area contributed by atoms with Gasteiger partial charge in [0.15, 0.2) is 0 Å². The van der Waals surface area contributed by atoms with Crippen LogP contribution in [0.1, 0.15) is 36.8 Å². The molecule has 2 N–H and O–H groups in total. The second-order valence-electron chi connectivity index (χ2n) is 6.29. The molecule has 1 aromatic rings. The number of rotatable bonds is 4. The first-order chi connectivity index (χ1) is 10.2. The summed E-state index contributed by atoms with van der Waals surface area (Å²) in [4.78, 5) is 14.6. The fourth-order valence-electron chi connectivity index (χ4n) is 3.07. The molecule has 21 heavy (non-hydrogen) atoms. The summed E-state index contributed by atoms with van der Waals surface area (Å²) in [6.07, 6.45) is 4.90. The van der Waals surface area contributed by atoms with Crippen molar-refractivity contribution in [3.63, 3.8) is 0 Å². The lowest BCUT2D eigenvalue weighted by atomic mass is 10.1. The maximum absolute atomic E-state index is 12.0. The third kappa shape index (κ3) is 3.97. The Balaban J connectivity index is 1.39. The molecule has 2 amide bonds. The van der Waals surface area contributed by atoms with E-state index >= 15 is 0 Å². The van der Waals surface area contributed by atoms with Gasteiger partial charge in [-0.1, -0.05) is 24.3 Å². The summed E-state index contributed by atoms with van der Waals surface area (Å²) in [5.74, 6) is 0. The van der Waals surface area contributed by atoms with Crippen LogP contribution < -0.4 is 10.6 Å². The van der Waals surface area contributed by atoms with E-state index in [2.05, 4.69) is 34.6 Å². The Morgan fingerprint density at radius 2 is 1.90 bits per heavy atom. The van der Waals surface area contributed by atoms with E-state index in [0.717, 1.165) is 32.0 Å². The molecule has 4 heteroatoms. The molecule has 1 heterocycles. The van der Waals surface area contributed by atoms with Gasteiger partial charge in [-0.3, -0.25) is 0 Å². The second kappa shape index (κ2) is 6.48. The van der Waals surface area contributed by atoms with Crippen LogP contribution in [0.4, 0.5) is 4.79 Å². The van der Waals surface area contributed by atoms with Gasteiger partial charge in [-0.2, -0.15) is 0 Å². The van der Waals surface area contributed by atoms with Crippen molar-refractivity contribution in [1.82, 2.24) is 15.5 Å². The Labute approximate surface area is 126 Å².